The number of thiazole rings is 1. The van der Waals surface area contributed by atoms with E-state index in [1.54, 1.807) is 0 Å². The average Bonchev–Trinajstić information content (AvgIpc) is 3.47. The van der Waals surface area contributed by atoms with Crippen LogP contribution >= 0.6 is 11.3 Å². The average molecular weight is 376 g/mol. The maximum atomic E-state index is 5.16. The Morgan fingerprint density at radius 2 is 1.93 bits per heavy atom. The summed E-state index contributed by atoms with van der Waals surface area (Å²) in [5.74, 6) is 1.15. The summed E-state index contributed by atoms with van der Waals surface area (Å²) < 4.78 is 0. The molecule has 5 rings (SSSR count). The van der Waals surface area contributed by atoms with Gasteiger partial charge in [0.2, 0.25) is 0 Å². The molecular formula is C22H23N4S. The van der Waals surface area contributed by atoms with E-state index in [-0.39, 0.29) is 0 Å². The van der Waals surface area contributed by atoms with Crippen molar-refractivity contribution in [3.8, 4) is 21.8 Å². The van der Waals surface area contributed by atoms with E-state index < -0.39 is 0 Å². The zero-order chi connectivity index (χ0) is 18.2. The summed E-state index contributed by atoms with van der Waals surface area (Å²) in [5.41, 5.74) is 5.82. The number of aromatic nitrogens is 3. The Hall–Kier alpha value is -2.11. The van der Waals surface area contributed by atoms with E-state index >= 15 is 0 Å². The van der Waals surface area contributed by atoms with Crippen LogP contribution in [0.2, 0.25) is 0 Å². The highest BCUT2D eigenvalue weighted by Gasteiger charge is 2.30. The summed E-state index contributed by atoms with van der Waals surface area (Å²) >= 11 is 1.83. The predicted octanol–water partition coefficient (Wildman–Crippen LogP) is 4.72. The van der Waals surface area contributed by atoms with Gasteiger partial charge in [-0.3, -0.25) is 0 Å². The van der Waals surface area contributed by atoms with E-state index in [1.165, 1.54) is 39.4 Å². The van der Waals surface area contributed by atoms with E-state index in [0.29, 0.717) is 11.8 Å². The fourth-order valence-corrected chi connectivity index (χ4v) is 5.18. The molecule has 1 saturated carbocycles. The molecule has 1 aliphatic heterocycles. The molecule has 2 fully saturated rings. The number of nitrogens with zero attached hydrogens (tertiary/aromatic N) is 3. The van der Waals surface area contributed by atoms with Gasteiger partial charge in [-0.25, -0.2) is 15.0 Å². The van der Waals surface area contributed by atoms with Crippen molar-refractivity contribution in [1.29, 1.82) is 0 Å². The fraction of sp³-hybridized carbons (Fsp3) is 0.409. The van der Waals surface area contributed by atoms with Gasteiger partial charge in [0.05, 0.1) is 21.3 Å². The van der Waals surface area contributed by atoms with Crippen LogP contribution in [0.15, 0.2) is 30.5 Å². The van der Waals surface area contributed by atoms with Crippen molar-refractivity contribution in [3.05, 3.63) is 52.9 Å². The van der Waals surface area contributed by atoms with Crippen molar-refractivity contribution in [2.24, 2.45) is 0 Å². The van der Waals surface area contributed by atoms with Crippen LogP contribution in [0.25, 0.3) is 21.8 Å². The normalized spacial score (nSPS) is 18.0. The molecule has 0 atom stereocenters. The van der Waals surface area contributed by atoms with Crippen molar-refractivity contribution in [3.63, 3.8) is 0 Å². The smallest absolute Gasteiger partial charge is 0.198 e. The highest BCUT2D eigenvalue weighted by molar-refractivity contribution is 7.15. The Labute approximate surface area is 164 Å². The Morgan fingerprint density at radius 3 is 2.70 bits per heavy atom. The number of piperidine rings is 1. The zero-order valence-corrected chi connectivity index (χ0v) is 16.4. The third kappa shape index (κ3) is 3.42. The van der Waals surface area contributed by atoms with Crippen LogP contribution in [0, 0.1) is 13.3 Å². The molecule has 5 heteroatoms. The third-order valence-corrected chi connectivity index (χ3v) is 6.78. The summed E-state index contributed by atoms with van der Waals surface area (Å²) in [7, 11) is 0. The number of benzene rings is 1. The predicted molar refractivity (Wildman–Crippen MR) is 109 cm³/mol. The van der Waals surface area contributed by atoms with Gasteiger partial charge in [0.25, 0.3) is 0 Å². The van der Waals surface area contributed by atoms with Crippen molar-refractivity contribution in [2.75, 3.05) is 13.1 Å². The lowest BCUT2D eigenvalue weighted by Crippen LogP contribution is -2.26. The van der Waals surface area contributed by atoms with Crippen LogP contribution in [-0.4, -0.2) is 28.0 Å². The van der Waals surface area contributed by atoms with E-state index in [4.69, 9.17) is 4.98 Å². The second-order valence-electron chi connectivity index (χ2n) is 7.67. The second-order valence-corrected chi connectivity index (χ2v) is 8.70. The summed E-state index contributed by atoms with van der Waals surface area (Å²) in [6.45, 7) is 4.29. The van der Waals surface area contributed by atoms with Crippen LogP contribution in [0.1, 0.15) is 53.7 Å². The minimum Gasteiger partial charge on any atom is -0.317 e. The first kappa shape index (κ1) is 17.0. The highest BCUT2D eigenvalue weighted by atomic mass is 32.1. The molecule has 0 spiro atoms. The molecule has 1 N–H and O–H groups in total. The molecule has 1 radical (unpaired) electrons. The first-order chi connectivity index (χ1) is 13.3. The number of aryl methyl sites for hydroxylation is 1. The molecule has 1 saturated heterocycles. The summed E-state index contributed by atoms with van der Waals surface area (Å²) in [6, 6.07) is 8.65. The van der Waals surface area contributed by atoms with Crippen LogP contribution in [0.3, 0.4) is 0 Å². The molecule has 3 heterocycles. The molecule has 0 bridgehead atoms. The first-order valence-electron chi connectivity index (χ1n) is 9.81. The van der Waals surface area contributed by atoms with Crippen LogP contribution in [0.4, 0.5) is 0 Å². The molecule has 4 nitrogen and oxygen atoms in total. The Kier molecular flexibility index (Phi) is 4.50. The van der Waals surface area contributed by atoms with Crippen molar-refractivity contribution >= 4 is 11.3 Å². The van der Waals surface area contributed by atoms with Crippen molar-refractivity contribution < 1.29 is 0 Å². The fourth-order valence-electron chi connectivity index (χ4n) is 3.91. The van der Waals surface area contributed by atoms with Gasteiger partial charge < -0.3 is 5.32 Å². The van der Waals surface area contributed by atoms with Gasteiger partial charge in [-0.1, -0.05) is 23.8 Å². The lowest BCUT2D eigenvalue weighted by Gasteiger charge is -2.20. The van der Waals surface area contributed by atoms with Gasteiger partial charge in [-0.15, -0.1) is 11.3 Å². The maximum absolute atomic E-state index is 5.16. The third-order valence-electron chi connectivity index (χ3n) is 5.55. The SMILES string of the molecule is Cc1cccc(-c2nc(C3CCNCC3)sc2-c2n[c]ncc2C2CC2)c1. The largest absolute Gasteiger partial charge is 0.317 e. The van der Waals surface area contributed by atoms with E-state index in [2.05, 4.69) is 52.8 Å². The van der Waals surface area contributed by atoms with Gasteiger partial charge in [0.15, 0.2) is 6.33 Å². The lowest BCUT2D eigenvalue weighted by molar-refractivity contribution is 0.459. The topological polar surface area (TPSA) is 50.7 Å². The van der Waals surface area contributed by atoms with Crippen molar-refractivity contribution in [1.82, 2.24) is 20.3 Å². The molecule has 0 unspecified atom stereocenters. The molecule has 3 aromatic rings. The molecule has 0 amide bonds. The quantitative estimate of drug-likeness (QED) is 0.717. The number of rotatable bonds is 4. The molecule has 1 aliphatic carbocycles. The maximum Gasteiger partial charge on any atom is 0.198 e. The molecule has 27 heavy (non-hydrogen) atoms. The molecule has 1 aromatic carbocycles. The lowest BCUT2D eigenvalue weighted by atomic mass is 9.99. The van der Waals surface area contributed by atoms with Gasteiger partial charge in [0, 0.05) is 23.2 Å². The summed E-state index contributed by atoms with van der Waals surface area (Å²) in [6.07, 6.45) is 9.58. The second kappa shape index (κ2) is 7.13. The van der Waals surface area contributed by atoms with Gasteiger partial charge in [-0.2, -0.15) is 0 Å². The Morgan fingerprint density at radius 1 is 1.07 bits per heavy atom. The Balaban J connectivity index is 1.65. The summed E-state index contributed by atoms with van der Waals surface area (Å²) in [4.78, 5) is 15.1. The summed E-state index contributed by atoms with van der Waals surface area (Å²) in [5, 5.41) is 4.71. The van der Waals surface area contributed by atoms with E-state index in [9.17, 15) is 0 Å². The minimum atomic E-state index is 0.545. The van der Waals surface area contributed by atoms with Gasteiger partial charge in [0.1, 0.15) is 0 Å². The van der Waals surface area contributed by atoms with Gasteiger partial charge >= 0.3 is 0 Å². The van der Waals surface area contributed by atoms with E-state index in [1.807, 2.05) is 17.5 Å². The van der Waals surface area contributed by atoms with Crippen LogP contribution in [0.5, 0.6) is 0 Å². The van der Waals surface area contributed by atoms with Crippen molar-refractivity contribution in [2.45, 2.75) is 44.4 Å². The van der Waals surface area contributed by atoms with Gasteiger partial charge in [-0.05, 0) is 57.7 Å². The monoisotopic (exact) mass is 375 g/mol. The number of hydrogen-bond donors (Lipinski definition) is 1. The number of nitrogens with one attached hydrogen (secondary N) is 1. The standard InChI is InChI=1S/C22H23N4S/c1-14-3-2-4-17(11-14)19-21(20-18(15-5-6-15)12-24-13-25-20)27-22(26-19)16-7-9-23-10-8-16/h2-4,11-12,15-16,23H,5-10H2,1H3. The van der Waals surface area contributed by atoms with E-state index in [0.717, 1.165) is 37.3 Å². The van der Waals surface area contributed by atoms with Crippen LogP contribution < -0.4 is 5.32 Å². The minimum absolute atomic E-state index is 0.545. The Bertz CT molecular complexity index is 954. The first-order valence-corrected chi connectivity index (χ1v) is 10.6. The number of hydrogen-bond acceptors (Lipinski definition) is 5. The van der Waals surface area contributed by atoms with Crippen LogP contribution in [-0.2, 0) is 0 Å². The molecule has 137 valence electrons. The highest BCUT2D eigenvalue weighted by Crippen LogP contribution is 2.47. The molecular weight excluding hydrogens is 352 g/mol. The molecule has 2 aliphatic rings. The zero-order valence-electron chi connectivity index (χ0n) is 15.5. The molecule has 2 aromatic heterocycles.